The molecule has 1 atom stereocenters. The third-order valence-electron chi connectivity index (χ3n) is 3.10. The van der Waals surface area contributed by atoms with Gasteiger partial charge in [-0.25, -0.2) is 4.39 Å². The number of nitrogens with zero attached hydrogens (tertiary/aromatic N) is 1. The van der Waals surface area contributed by atoms with Gasteiger partial charge >= 0.3 is 0 Å². The molecular formula is C15H18FNOS. The Labute approximate surface area is 117 Å². The second kappa shape index (κ2) is 6.17. The third kappa shape index (κ3) is 3.14. The van der Waals surface area contributed by atoms with Crippen LogP contribution in [0.4, 0.5) is 10.1 Å². The summed E-state index contributed by atoms with van der Waals surface area (Å²) < 4.78 is 13.9. The largest absolute Gasteiger partial charge is 0.389 e. The minimum atomic E-state index is -0.811. The number of aliphatic hydroxyl groups is 1. The lowest BCUT2D eigenvalue weighted by molar-refractivity contribution is 0.194. The smallest absolute Gasteiger partial charge is 0.131 e. The summed E-state index contributed by atoms with van der Waals surface area (Å²) in [5, 5.41) is 11.8. The number of anilines is 1. The van der Waals surface area contributed by atoms with Crippen LogP contribution in [0.3, 0.4) is 0 Å². The van der Waals surface area contributed by atoms with Gasteiger partial charge in [-0.05, 0) is 37.4 Å². The van der Waals surface area contributed by atoms with Crippen molar-refractivity contribution < 1.29 is 9.50 Å². The minimum Gasteiger partial charge on any atom is -0.389 e. The molecular weight excluding hydrogens is 261 g/mol. The second-order valence-electron chi connectivity index (χ2n) is 4.44. The maximum absolute atomic E-state index is 13.9. The van der Waals surface area contributed by atoms with Crippen molar-refractivity contribution in [1.82, 2.24) is 0 Å². The number of hydrogen-bond acceptors (Lipinski definition) is 3. The van der Waals surface area contributed by atoms with Crippen LogP contribution in [0.1, 0.15) is 30.4 Å². The molecule has 4 heteroatoms. The molecule has 2 aromatic rings. The summed E-state index contributed by atoms with van der Waals surface area (Å²) in [6, 6.07) is 9.02. The van der Waals surface area contributed by atoms with Crippen LogP contribution in [0.15, 0.2) is 35.7 Å². The van der Waals surface area contributed by atoms with Gasteiger partial charge in [0.1, 0.15) is 5.82 Å². The quantitative estimate of drug-likeness (QED) is 0.895. The van der Waals surface area contributed by atoms with Gasteiger partial charge in [-0.2, -0.15) is 0 Å². The Morgan fingerprint density at radius 1 is 1.32 bits per heavy atom. The van der Waals surface area contributed by atoms with Crippen LogP contribution in [-0.4, -0.2) is 11.7 Å². The first kappa shape index (κ1) is 14.0. The minimum absolute atomic E-state index is 0.350. The maximum atomic E-state index is 13.9. The summed E-state index contributed by atoms with van der Waals surface area (Å²) in [5.74, 6) is -0.350. The first-order valence-electron chi connectivity index (χ1n) is 6.37. The standard InChI is InChI=1S/C15H18FNOS/c1-3-17(10-12-6-5-9-19-12)14-8-4-7-13(16)15(14)11(2)18/h4-9,11,18H,3,10H2,1-2H3/t11-/m1/s1. The van der Waals surface area contributed by atoms with Gasteiger partial charge < -0.3 is 10.0 Å². The summed E-state index contributed by atoms with van der Waals surface area (Å²) >= 11 is 1.68. The highest BCUT2D eigenvalue weighted by atomic mass is 32.1. The molecule has 0 spiro atoms. The van der Waals surface area contributed by atoms with Gasteiger partial charge in [-0.15, -0.1) is 11.3 Å². The number of hydrogen-bond donors (Lipinski definition) is 1. The number of aliphatic hydroxyl groups excluding tert-OH is 1. The van der Waals surface area contributed by atoms with Crippen LogP contribution in [-0.2, 0) is 6.54 Å². The molecule has 19 heavy (non-hydrogen) atoms. The zero-order chi connectivity index (χ0) is 13.8. The van der Waals surface area contributed by atoms with Crippen molar-refractivity contribution in [2.24, 2.45) is 0 Å². The molecule has 102 valence electrons. The Morgan fingerprint density at radius 3 is 2.68 bits per heavy atom. The van der Waals surface area contributed by atoms with Gasteiger partial charge in [0.15, 0.2) is 0 Å². The van der Waals surface area contributed by atoms with E-state index >= 15 is 0 Å². The Bertz CT molecular complexity index is 525. The van der Waals surface area contributed by atoms with Crippen LogP contribution in [0.2, 0.25) is 0 Å². The van der Waals surface area contributed by atoms with Gasteiger partial charge in [-0.3, -0.25) is 0 Å². The monoisotopic (exact) mass is 279 g/mol. The first-order valence-corrected chi connectivity index (χ1v) is 7.25. The van der Waals surface area contributed by atoms with Crippen molar-refractivity contribution in [3.05, 3.63) is 52.0 Å². The van der Waals surface area contributed by atoms with Gasteiger partial charge in [0, 0.05) is 22.7 Å². The van der Waals surface area contributed by atoms with Crippen molar-refractivity contribution in [3.8, 4) is 0 Å². The fourth-order valence-corrected chi connectivity index (χ4v) is 2.89. The van der Waals surface area contributed by atoms with E-state index in [-0.39, 0.29) is 5.82 Å². The Balaban J connectivity index is 2.35. The Morgan fingerprint density at radius 2 is 2.11 bits per heavy atom. The van der Waals surface area contributed by atoms with E-state index in [1.54, 1.807) is 24.3 Å². The summed E-state index contributed by atoms with van der Waals surface area (Å²) in [5.41, 5.74) is 1.15. The molecule has 0 aliphatic heterocycles. The van der Waals surface area contributed by atoms with E-state index in [9.17, 15) is 9.50 Å². The van der Waals surface area contributed by atoms with Gasteiger partial charge in [0.25, 0.3) is 0 Å². The molecule has 0 fully saturated rings. The molecule has 0 saturated carbocycles. The van der Waals surface area contributed by atoms with Crippen LogP contribution in [0.5, 0.6) is 0 Å². The molecule has 0 aliphatic carbocycles. The molecule has 0 bridgehead atoms. The van der Waals surface area contributed by atoms with Crippen molar-refractivity contribution in [1.29, 1.82) is 0 Å². The van der Waals surface area contributed by atoms with Crippen molar-refractivity contribution in [2.75, 3.05) is 11.4 Å². The lowest BCUT2D eigenvalue weighted by atomic mass is 10.1. The molecule has 0 aliphatic rings. The van der Waals surface area contributed by atoms with Gasteiger partial charge in [-0.1, -0.05) is 12.1 Å². The number of benzene rings is 1. The normalized spacial score (nSPS) is 12.4. The molecule has 1 N–H and O–H groups in total. The molecule has 0 unspecified atom stereocenters. The topological polar surface area (TPSA) is 23.5 Å². The maximum Gasteiger partial charge on any atom is 0.131 e. The predicted octanol–water partition coefficient (Wildman–Crippen LogP) is 3.97. The Kier molecular flexibility index (Phi) is 4.56. The molecule has 1 aromatic carbocycles. The van der Waals surface area contributed by atoms with E-state index < -0.39 is 6.10 Å². The van der Waals surface area contributed by atoms with E-state index in [1.807, 2.05) is 24.4 Å². The predicted molar refractivity (Wildman–Crippen MR) is 78.1 cm³/mol. The average Bonchev–Trinajstić information content (AvgIpc) is 2.88. The third-order valence-corrected chi connectivity index (χ3v) is 3.96. The lowest BCUT2D eigenvalue weighted by Crippen LogP contribution is -2.23. The SMILES string of the molecule is CCN(Cc1cccs1)c1cccc(F)c1[C@@H](C)O. The van der Waals surface area contributed by atoms with Crippen LogP contribution in [0, 0.1) is 5.82 Å². The number of thiophene rings is 1. The summed E-state index contributed by atoms with van der Waals surface area (Å²) in [6.45, 7) is 5.13. The van der Waals surface area contributed by atoms with E-state index in [2.05, 4.69) is 11.0 Å². The zero-order valence-electron chi connectivity index (χ0n) is 11.1. The molecule has 0 radical (unpaired) electrons. The Hall–Kier alpha value is -1.39. The van der Waals surface area contributed by atoms with E-state index in [1.165, 1.54) is 10.9 Å². The first-order chi connectivity index (χ1) is 9.13. The van der Waals surface area contributed by atoms with E-state index in [0.29, 0.717) is 5.56 Å². The van der Waals surface area contributed by atoms with Crippen LogP contribution in [0.25, 0.3) is 0 Å². The number of rotatable bonds is 5. The van der Waals surface area contributed by atoms with Gasteiger partial charge in [0.05, 0.1) is 12.6 Å². The molecule has 0 amide bonds. The fraction of sp³-hybridized carbons (Fsp3) is 0.333. The van der Waals surface area contributed by atoms with E-state index in [0.717, 1.165) is 18.8 Å². The zero-order valence-corrected chi connectivity index (χ0v) is 12.0. The van der Waals surface area contributed by atoms with Crippen LogP contribution < -0.4 is 4.90 Å². The molecule has 0 saturated heterocycles. The highest BCUT2D eigenvalue weighted by molar-refractivity contribution is 7.09. The summed E-state index contributed by atoms with van der Waals surface area (Å²) in [6.07, 6.45) is -0.811. The average molecular weight is 279 g/mol. The molecule has 2 rings (SSSR count). The van der Waals surface area contributed by atoms with Crippen LogP contribution >= 0.6 is 11.3 Å². The van der Waals surface area contributed by atoms with Gasteiger partial charge in [0.2, 0.25) is 0 Å². The van der Waals surface area contributed by atoms with E-state index in [4.69, 9.17) is 0 Å². The van der Waals surface area contributed by atoms with Crippen molar-refractivity contribution >= 4 is 17.0 Å². The molecule has 1 aromatic heterocycles. The van der Waals surface area contributed by atoms with Crippen molar-refractivity contribution in [2.45, 2.75) is 26.5 Å². The molecule has 1 heterocycles. The highest BCUT2D eigenvalue weighted by Gasteiger charge is 2.17. The summed E-state index contributed by atoms with van der Waals surface area (Å²) in [7, 11) is 0. The second-order valence-corrected chi connectivity index (χ2v) is 5.47. The van der Waals surface area contributed by atoms with Crippen molar-refractivity contribution in [3.63, 3.8) is 0 Å². The highest BCUT2D eigenvalue weighted by Crippen LogP contribution is 2.30. The summed E-state index contributed by atoms with van der Waals surface area (Å²) in [4.78, 5) is 3.31. The number of halogens is 1. The fourth-order valence-electron chi connectivity index (χ4n) is 2.17. The lowest BCUT2D eigenvalue weighted by Gasteiger charge is -2.26. The molecule has 2 nitrogen and oxygen atoms in total.